The Morgan fingerprint density at radius 2 is 1.86 bits per heavy atom. The van der Waals surface area contributed by atoms with Gasteiger partial charge in [-0.2, -0.15) is 5.10 Å². The van der Waals surface area contributed by atoms with Gasteiger partial charge < -0.3 is 10.1 Å². The quantitative estimate of drug-likeness (QED) is 0.349. The van der Waals surface area contributed by atoms with Crippen molar-refractivity contribution in [3.63, 3.8) is 0 Å². The smallest absolute Gasteiger partial charge is 0.240 e. The van der Waals surface area contributed by atoms with E-state index in [0.717, 1.165) is 33.1 Å². The van der Waals surface area contributed by atoms with Crippen molar-refractivity contribution in [2.24, 2.45) is 0 Å². The van der Waals surface area contributed by atoms with Crippen molar-refractivity contribution in [3.05, 3.63) is 82.6 Å². The summed E-state index contributed by atoms with van der Waals surface area (Å²) in [6.45, 7) is 3.73. The van der Waals surface area contributed by atoms with E-state index in [0.29, 0.717) is 5.82 Å². The standard InChI is InChI=1S/C28H28N4O3S2/c1-18(2)29-23(33)16-31-24(34)17-37-27(22-10-7-15-36-22)25-26(19-8-5-4-6-9-19)30-32(28(25)31)20-11-13-21(35-3)14-12-20/h4-15,18,27H,16-17H2,1-3H3,(H,29,33). The number of thiophene rings is 1. The van der Waals surface area contributed by atoms with Gasteiger partial charge in [-0.05, 0) is 49.6 Å². The SMILES string of the molecule is COc1ccc(-n2nc(-c3ccccc3)c3c2N(CC(=O)NC(C)C)C(=O)CSC3c2cccs2)cc1. The second-order valence-electron chi connectivity index (χ2n) is 8.97. The Morgan fingerprint density at radius 3 is 2.51 bits per heavy atom. The van der Waals surface area contributed by atoms with Gasteiger partial charge in [-0.25, -0.2) is 4.68 Å². The van der Waals surface area contributed by atoms with Crippen LogP contribution in [0.15, 0.2) is 72.1 Å². The zero-order valence-electron chi connectivity index (χ0n) is 20.9. The van der Waals surface area contributed by atoms with Gasteiger partial charge in [-0.3, -0.25) is 14.5 Å². The van der Waals surface area contributed by atoms with Crippen LogP contribution in [0.5, 0.6) is 5.75 Å². The van der Waals surface area contributed by atoms with E-state index in [9.17, 15) is 9.59 Å². The highest BCUT2D eigenvalue weighted by Crippen LogP contribution is 2.49. The zero-order chi connectivity index (χ0) is 25.9. The summed E-state index contributed by atoms with van der Waals surface area (Å²) in [6.07, 6.45) is 0. The lowest BCUT2D eigenvalue weighted by Crippen LogP contribution is -2.44. The molecule has 37 heavy (non-hydrogen) atoms. The Hall–Kier alpha value is -3.56. The number of ether oxygens (including phenoxy) is 1. The van der Waals surface area contributed by atoms with Crippen LogP contribution in [-0.4, -0.2) is 47.0 Å². The number of methoxy groups -OCH3 is 1. The van der Waals surface area contributed by atoms with Gasteiger partial charge in [-0.1, -0.05) is 36.4 Å². The summed E-state index contributed by atoms with van der Waals surface area (Å²) in [4.78, 5) is 29.3. The van der Waals surface area contributed by atoms with Gasteiger partial charge in [0.15, 0.2) is 0 Å². The molecule has 1 atom stereocenters. The molecule has 0 fully saturated rings. The number of amides is 2. The third kappa shape index (κ3) is 5.14. The molecular weight excluding hydrogens is 504 g/mol. The molecule has 2 aromatic heterocycles. The van der Waals surface area contributed by atoms with Gasteiger partial charge in [0.25, 0.3) is 0 Å². The fourth-order valence-electron chi connectivity index (χ4n) is 4.41. The van der Waals surface area contributed by atoms with Gasteiger partial charge in [-0.15, -0.1) is 23.1 Å². The van der Waals surface area contributed by atoms with Crippen LogP contribution in [0.2, 0.25) is 0 Å². The minimum absolute atomic E-state index is 0.0336. The average Bonchev–Trinajstić information content (AvgIpc) is 3.54. The van der Waals surface area contributed by atoms with Crippen LogP contribution in [0.3, 0.4) is 0 Å². The number of benzene rings is 2. The van der Waals surface area contributed by atoms with Gasteiger partial charge in [0.1, 0.15) is 18.1 Å². The first-order chi connectivity index (χ1) is 18.0. The van der Waals surface area contributed by atoms with E-state index in [1.165, 1.54) is 0 Å². The number of fused-ring (bicyclic) bond motifs is 1. The maximum atomic E-state index is 13.6. The lowest BCUT2D eigenvalue weighted by molar-refractivity contribution is -0.123. The van der Waals surface area contributed by atoms with Crippen LogP contribution in [0.1, 0.15) is 29.5 Å². The molecule has 4 aromatic rings. The van der Waals surface area contributed by atoms with Crippen LogP contribution < -0.4 is 15.0 Å². The molecule has 0 saturated heterocycles. The molecule has 1 aliphatic rings. The number of aromatic nitrogens is 2. The molecule has 2 aromatic carbocycles. The van der Waals surface area contributed by atoms with Gasteiger partial charge in [0, 0.05) is 22.0 Å². The Morgan fingerprint density at radius 1 is 1.11 bits per heavy atom. The molecule has 5 rings (SSSR count). The molecule has 1 N–H and O–H groups in total. The highest BCUT2D eigenvalue weighted by molar-refractivity contribution is 8.00. The minimum atomic E-state index is -0.211. The topological polar surface area (TPSA) is 76.5 Å². The van der Waals surface area contributed by atoms with Gasteiger partial charge in [0.2, 0.25) is 11.8 Å². The van der Waals surface area contributed by atoms with E-state index in [-0.39, 0.29) is 35.4 Å². The highest BCUT2D eigenvalue weighted by Gasteiger charge is 2.38. The number of hydrogen-bond acceptors (Lipinski definition) is 6. The van der Waals surface area contributed by atoms with E-state index >= 15 is 0 Å². The summed E-state index contributed by atoms with van der Waals surface area (Å²) >= 11 is 3.23. The van der Waals surface area contributed by atoms with Crippen molar-refractivity contribution in [1.82, 2.24) is 15.1 Å². The molecule has 3 heterocycles. The lowest BCUT2D eigenvalue weighted by atomic mass is 10.0. The summed E-state index contributed by atoms with van der Waals surface area (Å²) < 4.78 is 7.15. The molecule has 1 unspecified atom stereocenters. The molecule has 0 radical (unpaired) electrons. The van der Waals surface area contributed by atoms with Crippen molar-refractivity contribution >= 4 is 40.7 Å². The van der Waals surface area contributed by atoms with Crippen molar-refractivity contribution in [1.29, 1.82) is 0 Å². The van der Waals surface area contributed by atoms with Crippen LogP contribution >= 0.6 is 23.1 Å². The first-order valence-electron chi connectivity index (χ1n) is 12.0. The molecule has 2 amide bonds. The molecule has 0 bridgehead atoms. The molecule has 1 aliphatic heterocycles. The predicted molar refractivity (Wildman–Crippen MR) is 150 cm³/mol. The van der Waals surface area contributed by atoms with Crippen LogP contribution in [0.25, 0.3) is 16.9 Å². The van der Waals surface area contributed by atoms with Crippen LogP contribution in [0, 0.1) is 0 Å². The predicted octanol–water partition coefficient (Wildman–Crippen LogP) is 5.30. The number of rotatable bonds is 7. The maximum Gasteiger partial charge on any atom is 0.240 e. The third-order valence-corrected chi connectivity index (χ3v) is 8.33. The van der Waals surface area contributed by atoms with Crippen LogP contribution in [0.4, 0.5) is 5.82 Å². The molecule has 0 spiro atoms. The molecular formula is C28H28N4O3S2. The summed E-state index contributed by atoms with van der Waals surface area (Å²) in [7, 11) is 1.62. The normalized spacial score (nSPS) is 15.4. The molecule has 9 heteroatoms. The lowest BCUT2D eigenvalue weighted by Gasteiger charge is -2.23. The number of nitrogens with zero attached hydrogens (tertiary/aromatic N) is 3. The monoisotopic (exact) mass is 532 g/mol. The summed E-state index contributed by atoms with van der Waals surface area (Å²) in [5, 5.41) is 9.95. The van der Waals surface area contributed by atoms with E-state index < -0.39 is 0 Å². The van der Waals surface area contributed by atoms with E-state index in [1.807, 2.05) is 79.9 Å². The fourth-order valence-corrected chi connectivity index (χ4v) is 6.58. The number of anilines is 1. The molecule has 190 valence electrons. The first kappa shape index (κ1) is 25.1. The zero-order valence-corrected chi connectivity index (χ0v) is 22.5. The van der Waals surface area contributed by atoms with Gasteiger partial charge >= 0.3 is 0 Å². The average molecular weight is 533 g/mol. The molecule has 0 saturated carbocycles. The Balaban J connectivity index is 1.77. The largest absolute Gasteiger partial charge is 0.497 e. The summed E-state index contributed by atoms with van der Waals surface area (Å²) in [6, 6.07) is 21.6. The molecule has 7 nitrogen and oxygen atoms in total. The summed E-state index contributed by atoms with van der Waals surface area (Å²) in [5.41, 5.74) is 3.45. The second-order valence-corrected chi connectivity index (χ2v) is 11.0. The van der Waals surface area contributed by atoms with E-state index in [4.69, 9.17) is 9.84 Å². The number of nitrogens with one attached hydrogen (secondary N) is 1. The Kier molecular flexibility index (Phi) is 7.34. The van der Waals surface area contributed by atoms with Crippen molar-refractivity contribution < 1.29 is 14.3 Å². The maximum absolute atomic E-state index is 13.6. The first-order valence-corrected chi connectivity index (χ1v) is 14.0. The fraction of sp³-hybridized carbons (Fsp3) is 0.250. The van der Waals surface area contributed by atoms with Crippen molar-refractivity contribution in [2.45, 2.75) is 25.1 Å². The Bertz CT molecular complexity index is 1380. The Labute approximate surface area is 224 Å². The van der Waals surface area contributed by atoms with E-state index in [2.05, 4.69) is 11.4 Å². The van der Waals surface area contributed by atoms with Crippen molar-refractivity contribution in [2.75, 3.05) is 24.3 Å². The number of carbonyl (C=O) groups is 2. The molecule has 0 aliphatic carbocycles. The third-order valence-electron chi connectivity index (χ3n) is 6.01. The number of hydrogen-bond donors (Lipinski definition) is 1. The van der Waals surface area contributed by atoms with Crippen LogP contribution in [-0.2, 0) is 9.59 Å². The minimum Gasteiger partial charge on any atom is -0.497 e. The summed E-state index contributed by atoms with van der Waals surface area (Å²) in [5.74, 6) is 1.26. The second kappa shape index (κ2) is 10.8. The highest BCUT2D eigenvalue weighted by atomic mass is 32.2. The number of carbonyl (C=O) groups excluding carboxylic acids is 2. The number of thioether (sulfide) groups is 1. The van der Waals surface area contributed by atoms with Crippen molar-refractivity contribution in [3.8, 4) is 22.7 Å². The van der Waals surface area contributed by atoms with E-state index in [1.54, 1.807) is 39.8 Å². The van der Waals surface area contributed by atoms with Gasteiger partial charge in [0.05, 0.1) is 29.5 Å².